The van der Waals surface area contributed by atoms with Crippen molar-refractivity contribution in [1.29, 1.82) is 0 Å². The van der Waals surface area contributed by atoms with E-state index in [0.29, 0.717) is 24.8 Å². The van der Waals surface area contributed by atoms with Crippen LogP contribution in [0, 0.1) is 11.8 Å². The number of nitrogens with one attached hydrogen (secondary N) is 2. The summed E-state index contributed by atoms with van der Waals surface area (Å²) in [6.07, 6.45) is 4.01. The van der Waals surface area contributed by atoms with Crippen LogP contribution in [-0.4, -0.2) is 33.7 Å². The van der Waals surface area contributed by atoms with Crippen LogP contribution >= 0.6 is 12.4 Å². The van der Waals surface area contributed by atoms with Gasteiger partial charge >= 0.3 is 0 Å². The van der Waals surface area contributed by atoms with Crippen LogP contribution < -0.4 is 10.6 Å². The first-order valence-electron chi connectivity index (χ1n) is 8.57. The molecule has 1 saturated heterocycles. The Hall–Kier alpha value is -1.11. The fourth-order valence-electron chi connectivity index (χ4n) is 3.29. The van der Waals surface area contributed by atoms with Crippen molar-refractivity contribution < 1.29 is 13.2 Å². The van der Waals surface area contributed by atoms with Gasteiger partial charge in [0.2, 0.25) is 5.91 Å². The summed E-state index contributed by atoms with van der Waals surface area (Å²) in [6, 6.07) is 7.37. The van der Waals surface area contributed by atoms with E-state index in [0.717, 1.165) is 37.1 Å². The van der Waals surface area contributed by atoms with Crippen molar-refractivity contribution in [2.45, 2.75) is 38.5 Å². The fourth-order valence-corrected chi connectivity index (χ4v) is 4.14. The fraction of sp³-hybridized carbons (Fsp3) is 0.611. The summed E-state index contributed by atoms with van der Waals surface area (Å²) in [6.45, 7) is 4.60. The van der Waals surface area contributed by atoms with Crippen LogP contribution in [0.1, 0.15) is 37.3 Å². The van der Waals surface area contributed by atoms with E-state index in [1.807, 2.05) is 18.2 Å². The molecule has 1 aliphatic heterocycles. The molecule has 0 radical (unpaired) electrons. The highest BCUT2D eigenvalue weighted by Gasteiger charge is 2.22. The van der Waals surface area contributed by atoms with Crippen molar-refractivity contribution in [3.8, 4) is 0 Å². The lowest BCUT2D eigenvalue weighted by Gasteiger charge is -2.27. The molecule has 0 spiro atoms. The number of rotatable bonds is 7. The van der Waals surface area contributed by atoms with E-state index >= 15 is 0 Å². The first-order chi connectivity index (χ1) is 11.3. The molecule has 7 heteroatoms. The highest BCUT2D eigenvalue weighted by Crippen LogP contribution is 2.24. The van der Waals surface area contributed by atoms with E-state index < -0.39 is 9.84 Å². The summed E-state index contributed by atoms with van der Waals surface area (Å²) in [5.41, 5.74) is 1.62. The molecule has 0 aliphatic carbocycles. The standard InChI is InChI=1S/C18H28N2O3S.ClH/c1-14(15-7-9-19-10-8-15)11-18(21)20-12-16-5-3-4-6-17(16)13-24(2,22)23;/h3-6,14-15,19H,7-13H2,1-2H3,(H,20,21);1H. The number of hydrogen-bond donors (Lipinski definition) is 2. The van der Waals surface area contributed by atoms with Gasteiger partial charge in [0.1, 0.15) is 0 Å². The number of halogens is 1. The van der Waals surface area contributed by atoms with Crippen molar-refractivity contribution >= 4 is 28.2 Å². The molecule has 1 amide bonds. The van der Waals surface area contributed by atoms with Crippen LogP contribution in [0.4, 0.5) is 0 Å². The predicted molar refractivity (Wildman–Crippen MR) is 103 cm³/mol. The minimum Gasteiger partial charge on any atom is -0.352 e. The lowest BCUT2D eigenvalue weighted by Crippen LogP contribution is -2.33. The maximum atomic E-state index is 12.2. The van der Waals surface area contributed by atoms with Crippen LogP contribution in [-0.2, 0) is 26.9 Å². The van der Waals surface area contributed by atoms with Crippen LogP contribution in [0.15, 0.2) is 24.3 Å². The summed E-state index contributed by atoms with van der Waals surface area (Å²) in [5, 5.41) is 6.29. The van der Waals surface area contributed by atoms with Crippen molar-refractivity contribution in [2.24, 2.45) is 11.8 Å². The smallest absolute Gasteiger partial charge is 0.220 e. The normalized spacial score (nSPS) is 16.7. The predicted octanol–water partition coefficient (Wildman–Crippen LogP) is 2.30. The second-order valence-electron chi connectivity index (χ2n) is 6.88. The molecule has 5 nitrogen and oxygen atoms in total. The maximum Gasteiger partial charge on any atom is 0.220 e. The van der Waals surface area contributed by atoms with Gasteiger partial charge in [0.05, 0.1) is 5.75 Å². The minimum atomic E-state index is -3.09. The molecule has 0 bridgehead atoms. The summed E-state index contributed by atoms with van der Waals surface area (Å²) in [5.74, 6) is 1.02. The number of carbonyl (C=O) groups excluding carboxylic acids is 1. The molecule has 0 saturated carbocycles. The maximum absolute atomic E-state index is 12.2. The van der Waals surface area contributed by atoms with Gasteiger partial charge in [-0.3, -0.25) is 4.79 Å². The second-order valence-corrected chi connectivity index (χ2v) is 9.02. The van der Waals surface area contributed by atoms with Crippen molar-refractivity contribution in [3.05, 3.63) is 35.4 Å². The van der Waals surface area contributed by atoms with Crippen molar-refractivity contribution in [1.82, 2.24) is 10.6 Å². The number of benzene rings is 1. The Morgan fingerprint density at radius 1 is 1.24 bits per heavy atom. The van der Waals surface area contributed by atoms with Gasteiger partial charge in [0.25, 0.3) is 0 Å². The molecule has 1 heterocycles. The minimum absolute atomic E-state index is 0. The lowest BCUT2D eigenvalue weighted by atomic mass is 9.84. The van der Waals surface area contributed by atoms with Crippen LogP contribution in [0.3, 0.4) is 0 Å². The molecule has 1 aromatic carbocycles. The van der Waals surface area contributed by atoms with Gasteiger partial charge < -0.3 is 10.6 Å². The molecule has 2 N–H and O–H groups in total. The number of sulfone groups is 1. The Bertz CT molecular complexity index is 658. The average molecular weight is 389 g/mol. The number of piperidine rings is 1. The summed E-state index contributed by atoms with van der Waals surface area (Å²) >= 11 is 0. The third-order valence-corrected chi connectivity index (χ3v) is 5.54. The van der Waals surface area contributed by atoms with Gasteiger partial charge in [-0.05, 0) is 48.9 Å². The quantitative estimate of drug-likeness (QED) is 0.751. The molecular formula is C18H29ClN2O3S. The molecule has 142 valence electrons. The third kappa shape index (κ3) is 7.75. The van der Waals surface area contributed by atoms with Gasteiger partial charge in [-0.1, -0.05) is 31.2 Å². The topological polar surface area (TPSA) is 75.3 Å². The Morgan fingerprint density at radius 3 is 2.44 bits per heavy atom. The summed E-state index contributed by atoms with van der Waals surface area (Å²) in [7, 11) is -3.09. The monoisotopic (exact) mass is 388 g/mol. The first-order valence-corrected chi connectivity index (χ1v) is 10.6. The Balaban J connectivity index is 0.00000312. The zero-order valence-corrected chi connectivity index (χ0v) is 16.6. The zero-order chi connectivity index (χ0) is 17.6. The van der Waals surface area contributed by atoms with E-state index in [-0.39, 0.29) is 24.1 Å². The zero-order valence-electron chi connectivity index (χ0n) is 15.0. The summed E-state index contributed by atoms with van der Waals surface area (Å²) < 4.78 is 23.0. The Labute approximate surface area is 157 Å². The second kappa shape index (κ2) is 10.1. The van der Waals surface area contributed by atoms with Gasteiger partial charge in [-0.25, -0.2) is 8.42 Å². The molecule has 1 aliphatic rings. The Morgan fingerprint density at radius 2 is 1.84 bits per heavy atom. The van der Waals surface area contributed by atoms with Crippen LogP contribution in [0.25, 0.3) is 0 Å². The van der Waals surface area contributed by atoms with Gasteiger partial charge in [-0.15, -0.1) is 12.4 Å². The molecule has 0 aromatic heterocycles. The van der Waals surface area contributed by atoms with Crippen LogP contribution in [0.2, 0.25) is 0 Å². The molecule has 1 aromatic rings. The number of carbonyl (C=O) groups is 1. The van der Waals surface area contributed by atoms with E-state index in [2.05, 4.69) is 17.6 Å². The largest absolute Gasteiger partial charge is 0.352 e. The third-order valence-electron chi connectivity index (χ3n) is 4.71. The van der Waals surface area contributed by atoms with Gasteiger partial charge in [0.15, 0.2) is 9.84 Å². The SMILES string of the molecule is CC(CC(=O)NCc1ccccc1CS(C)(=O)=O)C1CCNCC1.Cl. The van der Waals surface area contributed by atoms with E-state index in [1.165, 1.54) is 6.26 Å². The van der Waals surface area contributed by atoms with E-state index in [1.54, 1.807) is 6.07 Å². The lowest BCUT2D eigenvalue weighted by molar-refractivity contribution is -0.122. The first kappa shape index (κ1) is 21.9. The van der Waals surface area contributed by atoms with Crippen molar-refractivity contribution in [3.63, 3.8) is 0 Å². The molecule has 25 heavy (non-hydrogen) atoms. The molecular weight excluding hydrogens is 360 g/mol. The molecule has 2 rings (SSSR count). The number of hydrogen-bond acceptors (Lipinski definition) is 4. The van der Waals surface area contributed by atoms with Crippen LogP contribution in [0.5, 0.6) is 0 Å². The molecule has 1 unspecified atom stereocenters. The average Bonchev–Trinajstić information content (AvgIpc) is 2.53. The highest BCUT2D eigenvalue weighted by molar-refractivity contribution is 7.89. The number of amides is 1. The molecule has 1 atom stereocenters. The highest BCUT2D eigenvalue weighted by atomic mass is 35.5. The van der Waals surface area contributed by atoms with Gasteiger partial charge in [0, 0.05) is 19.2 Å². The van der Waals surface area contributed by atoms with E-state index in [9.17, 15) is 13.2 Å². The Kier molecular flexibility index (Phi) is 8.89. The van der Waals surface area contributed by atoms with Gasteiger partial charge in [-0.2, -0.15) is 0 Å². The van der Waals surface area contributed by atoms with E-state index in [4.69, 9.17) is 0 Å². The summed E-state index contributed by atoms with van der Waals surface area (Å²) in [4.78, 5) is 12.2. The van der Waals surface area contributed by atoms with Crippen molar-refractivity contribution in [2.75, 3.05) is 19.3 Å². The molecule has 1 fully saturated rings.